The molecule has 13 heavy (non-hydrogen) atoms. The van der Waals surface area contributed by atoms with Gasteiger partial charge in [0.2, 0.25) is 6.41 Å². The molecule has 0 N–H and O–H groups in total. The van der Waals surface area contributed by atoms with Crippen molar-refractivity contribution in [1.82, 2.24) is 10.0 Å². The van der Waals surface area contributed by atoms with Crippen LogP contribution in [-0.2, 0) is 4.79 Å². The lowest BCUT2D eigenvalue weighted by Gasteiger charge is -2.17. The van der Waals surface area contributed by atoms with E-state index in [0.717, 1.165) is 25.8 Å². The Balaban J connectivity index is 2.49. The van der Waals surface area contributed by atoms with E-state index in [1.54, 1.807) is 5.01 Å². The summed E-state index contributed by atoms with van der Waals surface area (Å²) in [6, 6.07) is 0. The average Bonchev–Trinajstić information content (AvgIpc) is 2.85. The second-order valence-electron chi connectivity index (χ2n) is 3.60. The quantitative estimate of drug-likeness (QED) is 0.366. The lowest BCUT2D eigenvalue weighted by atomic mass is 10.3. The van der Waals surface area contributed by atoms with Gasteiger partial charge >= 0.3 is 0 Å². The van der Waals surface area contributed by atoms with Gasteiger partial charge in [-0.25, -0.2) is 5.01 Å². The highest BCUT2D eigenvalue weighted by atomic mass is 16.1. The van der Waals surface area contributed by atoms with Crippen molar-refractivity contribution in [2.75, 3.05) is 13.6 Å². The number of amides is 1. The molecule has 74 valence electrons. The predicted molar refractivity (Wildman–Crippen MR) is 48.7 cm³/mol. The predicted octanol–water partition coefficient (Wildman–Crippen LogP) is 1.23. The summed E-state index contributed by atoms with van der Waals surface area (Å²) in [6.07, 6.45) is 2.77. The Labute approximate surface area is 78.4 Å². The summed E-state index contributed by atoms with van der Waals surface area (Å²) in [5.74, 6) is 0. The highest BCUT2D eigenvalue weighted by Crippen LogP contribution is 2.40. The standard InChI is InChI=1S/C8H16N4O/c1-4-11(3)9-10-12(7-13)8(2)5-6-8/h7H,4-6H2,1-3H3/b10-9-. The van der Waals surface area contributed by atoms with E-state index in [0.29, 0.717) is 0 Å². The van der Waals surface area contributed by atoms with E-state index < -0.39 is 0 Å². The Morgan fingerprint density at radius 2 is 2.08 bits per heavy atom. The summed E-state index contributed by atoms with van der Waals surface area (Å²) in [5.41, 5.74) is -0.0696. The van der Waals surface area contributed by atoms with Gasteiger partial charge in [0.25, 0.3) is 0 Å². The van der Waals surface area contributed by atoms with Gasteiger partial charge in [0.1, 0.15) is 0 Å². The molecule has 1 aliphatic rings. The molecular weight excluding hydrogens is 168 g/mol. The fourth-order valence-corrected chi connectivity index (χ4v) is 0.841. The van der Waals surface area contributed by atoms with E-state index in [1.165, 1.54) is 5.01 Å². The zero-order chi connectivity index (χ0) is 9.90. The molecule has 0 aromatic rings. The summed E-state index contributed by atoms with van der Waals surface area (Å²) >= 11 is 0. The van der Waals surface area contributed by atoms with E-state index in [9.17, 15) is 4.79 Å². The van der Waals surface area contributed by atoms with Crippen molar-refractivity contribution in [3.8, 4) is 0 Å². The second-order valence-corrected chi connectivity index (χ2v) is 3.60. The molecule has 0 aliphatic heterocycles. The Hall–Kier alpha value is -1.13. The van der Waals surface area contributed by atoms with Crippen LogP contribution in [0.25, 0.3) is 0 Å². The first kappa shape index (κ1) is 9.95. The van der Waals surface area contributed by atoms with Crippen molar-refractivity contribution in [3.05, 3.63) is 0 Å². The maximum absolute atomic E-state index is 10.6. The summed E-state index contributed by atoms with van der Waals surface area (Å²) in [4.78, 5) is 10.6. The van der Waals surface area contributed by atoms with E-state index >= 15 is 0 Å². The SMILES string of the molecule is CCN(C)/N=N\N(C=O)C1(C)CC1. The molecule has 1 fully saturated rings. The van der Waals surface area contributed by atoms with Gasteiger partial charge in [0, 0.05) is 13.6 Å². The molecule has 0 radical (unpaired) electrons. The maximum Gasteiger partial charge on any atom is 0.231 e. The highest BCUT2D eigenvalue weighted by Gasteiger charge is 2.44. The minimum absolute atomic E-state index is 0.0696. The van der Waals surface area contributed by atoms with Gasteiger partial charge in [0.15, 0.2) is 0 Å². The topological polar surface area (TPSA) is 48.3 Å². The molecule has 0 atom stereocenters. The molecule has 0 unspecified atom stereocenters. The van der Waals surface area contributed by atoms with Crippen LogP contribution in [-0.4, -0.2) is 35.6 Å². The van der Waals surface area contributed by atoms with E-state index in [1.807, 2.05) is 20.9 Å². The molecule has 1 aliphatic carbocycles. The van der Waals surface area contributed by atoms with Crippen molar-refractivity contribution in [1.29, 1.82) is 0 Å². The smallest absolute Gasteiger partial charge is 0.231 e. The van der Waals surface area contributed by atoms with Crippen LogP contribution >= 0.6 is 0 Å². The normalized spacial score (nSPS) is 18.7. The fraction of sp³-hybridized carbons (Fsp3) is 0.875. The van der Waals surface area contributed by atoms with Crippen LogP contribution in [0.5, 0.6) is 0 Å². The van der Waals surface area contributed by atoms with Crippen molar-refractivity contribution in [2.24, 2.45) is 10.4 Å². The molecule has 0 aromatic heterocycles. The zero-order valence-corrected chi connectivity index (χ0v) is 8.40. The third kappa shape index (κ3) is 2.40. The lowest BCUT2D eigenvalue weighted by Crippen LogP contribution is -2.28. The molecule has 0 spiro atoms. The summed E-state index contributed by atoms with van der Waals surface area (Å²) < 4.78 is 0. The van der Waals surface area contributed by atoms with Gasteiger partial charge in [-0.3, -0.25) is 9.80 Å². The van der Waals surface area contributed by atoms with Crippen LogP contribution in [0.1, 0.15) is 26.7 Å². The Kier molecular flexibility index (Phi) is 2.85. The molecule has 0 aromatic carbocycles. The Bertz CT molecular complexity index is 212. The fourth-order valence-electron chi connectivity index (χ4n) is 0.841. The van der Waals surface area contributed by atoms with E-state index in [-0.39, 0.29) is 5.54 Å². The van der Waals surface area contributed by atoms with E-state index in [4.69, 9.17) is 0 Å². The first-order chi connectivity index (χ1) is 6.12. The van der Waals surface area contributed by atoms with Crippen molar-refractivity contribution < 1.29 is 4.79 Å². The first-order valence-electron chi connectivity index (χ1n) is 4.50. The number of nitrogens with zero attached hydrogens (tertiary/aromatic N) is 4. The summed E-state index contributed by atoms with van der Waals surface area (Å²) in [7, 11) is 1.82. The maximum atomic E-state index is 10.6. The number of carbonyl (C=O) groups is 1. The van der Waals surface area contributed by atoms with Crippen LogP contribution < -0.4 is 0 Å². The molecular formula is C8H16N4O. The Morgan fingerprint density at radius 1 is 1.46 bits per heavy atom. The number of rotatable bonds is 5. The second kappa shape index (κ2) is 3.72. The third-order valence-electron chi connectivity index (χ3n) is 2.37. The highest BCUT2D eigenvalue weighted by molar-refractivity contribution is 5.49. The third-order valence-corrected chi connectivity index (χ3v) is 2.37. The van der Waals surface area contributed by atoms with Crippen molar-refractivity contribution in [3.63, 3.8) is 0 Å². The van der Waals surface area contributed by atoms with Crippen LogP contribution in [0.2, 0.25) is 0 Å². The van der Waals surface area contributed by atoms with Crippen molar-refractivity contribution in [2.45, 2.75) is 32.2 Å². The molecule has 5 nitrogen and oxygen atoms in total. The molecule has 5 heteroatoms. The minimum atomic E-state index is -0.0696. The molecule has 0 bridgehead atoms. The monoisotopic (exact) mass is 184 g/mol. The number of hydrogen-bond acceptors (Lipinski definition) is 3. The molecule has 1 rings (SSSR count). The average molecular weight is 184 g/mol. The zero-order valence-electron chi connectivity index (χ0n) is 8.40. The molecule has 1 saturated carbocycles. The van der Waals surface area contributed by atoms with Crippen LogP contribution in [0.15, 0.2) is 10.4 Å². The van der Waals surface area contributed by atoms with Crippen LogP contribution in [0, 0.1) is 0 Å². The van der Waals surface area contributed by atoms with Crippen molar-refractivity contribution >= 4 is 6.41 Å². The van der Waals surface area contributed by atoms with E-state index in [2.05, 4.69) is 10.4 Å². The van der Waals surface area contributed by atoms with Gasteiger partial charge in [-0.15, -0.1) is 0 Å². The first-order valence-corrected chi connectivity index (χ1v) is 4.50. The van der Waals surface area contributed by atoms with Crippen LogP contribution in [0.4, 0.5) is 0 Å². The summed E-state index contributed by atoms with van der Waals surface area (Å²) in [5, 5.41) is 10.8. The van der Waals surface area contributed by atoms with Gasteiger partial charge in [0.05, 0.1) is 5.54 Å². The van der Waals surface area contributed by atoms with Gasteiger partial charge < -0.3 is 0 Å². The number of hydrogen-bond donors (Lipinski definition) is 0. The van der Waals surface area contributed by atoms with Gasteiger partial charge in [-0.1, -0.05) is 5.22 Å². The van der Waals surface area contributed by atoms with Crippen LogP contribution in [0.3, 0.4) is 0 Å². The number of carbonyl (C=O) groups excluding carboxylic acids is 1. The largest absolute Gasteiger partial charge is 0.280 e. The van der Waals surface area contributed by atoms with Gasteiger partial charge in [-0.2, -0.15) is 0 Å². The molecule has 0 heterocycles. The summed E-state index contributed by atoms with van der Waals surface area (Å²) in [6.45, 7) is 4.77. The Morgan fingerprint density at radius 3 is 2.46 bits per heavy atom. The lowest BCUT2D eigenvalue weighted by molar-refractivity contribution is -0.121. The van der Waals surface area contributed by atoms with Gasteiger partial charge in [-0.05, 0) is 31.9 Å². The minimum Gasteiger partial charge on any atom is -0.280 e. The molecule has 0 saturated heterocycles. The molecule has 1 amide bonds.